The predicted octanol–water partition coefficient (Wildman–Crippen LogP) is 3.04. The van der Waals surface area contributed by atoms with Crippen LogP contribution in [0.4, 0.5) is 0 Å². The van der Waals surface area contributed by atoms with E-state index in [-0.39, 0.29) is 18.3 Å². The lowest BCUT2D eigenvalue weighted by Gasteiger charge is -2.15. The van der Waals surface area contributed by atoms with Crippen molar-refractivity contribution in [1.29, 1.82) is 0 Å². The zero-order valence-corrected chi connectivity index (χ0v) is 13.5. The number of hydrogen-bond acceptors (Lipinski definition) is 3. The zero-order valence-electron chi connectivity index (χ0n) is 11.2. The molecule has 0 saturated carbocycles. The first-order valence-electron chi connectivity index (χ1n) is 6.13. The molecule has 1 unspecified atom stereocenters. The molecule has 0 fully saturated rings. The normalized spacial score (nSPS) is 11.4. The van der Waals surface area contributed by atoms with Crippen LogP contribution in [0, 0.1) is 0 Å². The topological polar surface area (TPSA) is 64.3 Å². The summed E-state index contributed by atoms with van der Waals surface area (Å²) < 4.78 is 5.49. The van der Waals surface area contributed by atoms with Gasteiger partial charge in [-0.2, -0.15) is 0 Å². The van der Waals surface area contributed by atoms with Crippen LogP contribution in [0.3, 0.4) is 0 Å². The number of carbonyl (C=O) groups excluding carboxylic acids is 1. The fourth-order valence-electron chi connectivity index (χ4n) is 1.48. The van der Waals surface area contributed by atoms with Gasteiger partial charge in [0.2, 0.25) is 0 Å². The van der Waals surface area contributed by atoms with Crippen LogP contribution in [-0.4, -0.2) is 25.1 Å². The number of carbonyl (C=O) groups is 1. The maximum absolute atomic E-state index is 11.7. The van der Waals surface area contributed by atoms with Crippen molar-refractivity contribution in [3.8, 4) is 5.75 Å². The third-order valence-electron chi connectivity index (χ3n) is 2.45. The van der Waals surface area contributed by atoms with Gasteiger partial charge in [0, 0.05) is 16.6 Å². The molecule has 1 amide bonds. The number of hydrogen-bond donors (Lipinski definition) is 2. The Labute approximate surface area is 135 Å². The van der Waals surface area contributed by atoms with E-state index in [2.05, 4.69) is 5.32 Å². The molecular weight excluding hydrogens is 323 g/mol. The molecule has 1 rings (SSSR count). The molecule has 0 aromatic heterocycles. The van der Waals surface area contributed by atoms with Gasteiger partial charge < -0.3 is 15.8 Å². The summed E-state index contributed by atoms with van der Waals surface area (Å²) in [6, 6.07) is 4.84. The average molecular weight is 342 g/mol. The highest BCUT2D eigenvalue weighted by atomic mass is 35.5. The summed E-state index contributed by atoms with van der Waals surface area (Å²) in [7, 11) is 0. The Kier molecular flexibility index (Phi) is 9.76. The SMILES string of the molecule is CC(Oc1cc(Cl)cc(Cl)c1)C(=O)NCCCCN.Cl. The molecule has 0 spiro atoms. The number of unbranched alkanes of at least 4 members (excludes halogenated alkanes) is 1. The van der Waals surface area contributed by atoms with E-state index in [0.717, 1.165) is 12.8 Å². The van der Waals surface area contributed by atoms with E-state index < -0.39 is 6.10 Å². The Morgan fingerprint density at radius 3 is 2.45 bits per heavy atom. The zero-order chi connectivity index (χ0) is 14.3. The second-order valence-electron chi connectivity index (χ2n) is 4.15. The lowest BCUT2D eigenvalue weighted by atomic mass is 10.3. The molecule has 0 saturated heterocycles. The maximum atomic E-state index is 11.7. The van der Waals surface area contributed by atoms with Gasteiger partial charge in [-0.15, -0.1) is 12.4 Å². The number of rotatable bonds is 7. The van der Waals surface area contributed by atoms with Gasteiger partial charge in [0.05, 0.1) is 0 Å². The van der Waals surface area contributed by atoms with Gasteiger partial charge in [-0.3, -0.25) is 4.79 Å². The van der Waals surface area contributed by atoms with Crippen molar-refractivity contribution in [3.63, 3.8) is 0 Å². The fraction of sp³-hybridized carbons (Fsp3) is 0.462. The van der Waals surface area contributed by atoms with Crippen LogP contribution < -0.4 is 15.8 Å². The minimum atomic E-state index is -0.604. The van der Waals surface area contributed by atoms with Crippen LogP contribution in [0.5, 0.6) is 5.75 Å². The van der Waals surface area contributed by atoms with Crippen molar-refractivity contribution < 1.29 is 9.53 Å². The number of amides is 1. The van der Waals surface area contributed by atoms with Gasteiger partial charge in [-0.05, 0) is 44.5 Å². The van der Waals surface area contributed by atoms with Crippen LogP contribution in [0.2, 0.25) is 10.0 Å². The van der Waals surface area contributed by atoms with Crippen LogP contribution in [-0.2, 0) is 4.79 Å². The van der Waals surface area contributed by atoms with Gasteiger partial charge in [0.25, 0.3) is 5.91 Å². The molecule has 1 atom stereocenters. The molecule has 4 nitrogen and oxygen atoms in total. The van der Waals surface area contributed by atoms with Crippen LogP contribution >= 0.6 is 35.6 Å². The Morgan fingerprint density at radius 1 is 1.30 bits per heavy atom. The summed E-state index contributed by atoms with van der Waals surface area (Å²) in [6.07, 6.45) is 1.14. The molecule has 0 aliphatic heterocycles. The molecule has 20 heavy (non-hydrogen) atoms. The van der Waals surface area contributed by atoms with E-state index in [1.807, 2.05) is 0 Å². The number of ether oxygens (including phenoxy) is 1. The minimum Gasteiger partial charge on any atom is -0.481 e. The second kappa shape index (κ2) is 10.1. The molecule has 0 bridgehead atoms. The van der Waals surface area contributed by atoms with E-state index in [4.69, 9.17) is 33.7 Å². The monoisotopic (exact) mass is 340 g/mol. The predicted molar refractivity (Wildman–Crippen MR) is 85.1 cm³/mol. The van der Waals surface area contributed by atoms with Crippen molar-refractivity contribution in [2.75, 3.05) is 13.1 Å². The maximum Gasteiger partial charge on any atom is 0.260 e. The summed E-state index contributed by atoms with van der Waals surface area (Å²) in [4.78, 5) is 11.7. The first kappa shape index (κ1) is 19.3. The largest absolute Gasteiger partial charge is 0.481 e. The van der Waals surface area contributed by atoms with Gasteiger partial charge in [0.1, 0.15) is 5.75 Å². The molecule has 0 aliphatic rings. The highest BCUT2D eigenvalue weighted by Crippen LogP contribution is 2.24. The van der Waals surface area contributed by atoms with E-state index in [1.165, 1.54) is 0 Å². The van der Waals surface area contributed by atoms with Crippen molar-refractivity contribution in [2.45, 2.75) is 25.9 Å². The Balaban J connectivity index is 0.00000361. The lowest BCUT2D eigenvalue weighted by Crippen LogP contribution is -2.36. The van der Waals surface area contributed by atoms with E-state index >= 15 is 0 Å². The fourth-order valence-corrected chi connectivity index (χ4v) is 1.98. The smallest absolute Gasteiger partial charge is 0.260 e. The Bertz CT molecular complexity index is 410. The molecular formula is C13H19Cl3N2O2. The number of halogens is 3. The van der Waals surface area contributed by atoms with Crippen LogP contribution in [0.1, 0.15) is 19.8 Å². The molecule has 3 N–H and O–H groups in total. The number of benzene rings is 1. The molecule has 1 aromatic carbocycles. The van der Waals surface area contributed by atoms with Crippen molar-refractivity contribution in [1.82, 2.24) is 5.32 Å². The summed E-state index contributed by atoms with van der Waals surface area (Å²) in [5, 5.41) is 3.72. The summed E-state index contributed by atoms with van der Waals surface area (Å²) >= 11 is 11.7. The third-order valence-corrected chi connectivity index (χ3v) is 2.88. The van der Waals surface area contributed by atoms with E-state index in [0.29, 0.717) is 28.9 Å². The van der Waals surface area contributed by atoms with Gasteiger partial charge in [0.15, 0.2) is 6.10 Å². The third kappa shape index (κ3) is 7.20. The molecule has 0 radical (unpaired) electrons. The minimum absolute atomic E-state index is 0. The molecule has 7 heteroatoms. The van der Waals surface area contributed by atoms with Crippen LogP contribution in [0.25, 0.3) is 0 Å². The highest BCUT2D eigenvalue weighted by molar-refractivity contribution is 6.34. The summed E-state index contributed by atoms with van der Waals surface area (Å²) in [5.41, 5.74) is 5.37. The first-order valence-corrected chi connectivity index (χ1v) is 6.89. The van der Waals surface area contributed by atoms with Crippen molar-refractivity contribution in [3.05, 3.63) is 28.2 Å². The lowest BCUT2D eigenvalue weighted by molar-refractivity contribution is -0.127. The number of nitrogens with two attached hydrogens (primary N) is 1. The summed E-state index contributed by atoms with van der Waals surface area (Å²) in [6.45, 7) is 2.90. The van der Waals surface area contributed by atoms with E-state index in [9.17, 15) is 4.79 Å². The Morgan fingerprint density at radius 2 is 1.90 bits per heavy atom. The Hall–Kier alpha value is -0.680. The van der Waals surface area contributed by atoms with Gasteiger partial charge in [-0.1, -0.05) is 23.2 Å². The van der Waals surface area contributed by atoms with Crippen LogP contribution in [0.15, 0.2) is 18.2 Å². The van der Waals surface area contributed by atoms with Crippen molar-refractivity contribution >= 4 is 41.5 Å². The first-order chi connectivity index (χ1) is 9.02. The average Bonchev–Trinajstić information content (AvgIpc) is 2.33. The summed E-state index contributed by atoms with van der Waals surface area (Å²) in [5.74, 6) is 0.301. The number of nitrogens with one attached hydrogen (secondary N) is 1. The molecule has 1 aromatic rings. The van der Waals surface area contributed by atoms with Gasteiger partial charge in [-0.25, -0.2) is 0 Å². The quantitative estimate of drug-likeness (QED) is 0.749. The van der Waals surface area contributed by atoms with E-state index in [1.54, 1.807) is 25.1 Å². The molecule has 114 valence electrons. The highest BCUT2D eigenvalue weighted by Gasteiger charge is 2.14. The standard InChI is InChI=1S/C13H18Cl2N2O2.ClH/c1-9(13(18)17-5-3-2-4-16)19-12-7-10(14)6-11(15)8-12;/h6-9H,2-5,16H2,1H3,(H,17,18);1H. The molecule has 0 heterocycles. The molecule has 0 aliphatic carbocycles. The second-order valence-corrected chi connectivity index (χ2v) is 5.02. The van der Waals surface area contributed by atoms with Gasteiger partial charge >= 0.3 is 0 Å². The van der Waals surface area contributed by atoms with Crippen molar-refractivity contribution in [2.24, 2.45) is 5.73 Å².